The molecular formula is C39H32N6O6. The molecular weight excluding hydrogens is 648 g/mol. The summed E-state index contributed by atoms with van der Waals surface area (Å²) in [4.78, 5) is 46.6. The van der Waals surface area contributed by atoms with Crippen LogP contribution < -0.4 is 30.5 Å². The summed E-state index contributed by atoms with van der Waals surface area (Å²) in [6.45, 7) is 1.57. The van der Waals surface area contributed by atoms with Crippen LogP contribution in [0.1, 0.15) is 18.1 Å². The molecule has 51 heavy (non-hydrogen) atoms. The van der Waals surface area contributed by atoms with Crippen LogP contribution in [0.4, 0.5) is 11.4 Å². The van der Waals surface area contributed by atoms with E-state index in [0.29, 0.717) is 45.4 Å². The number of nitrogens with zero attached hydrogens (tertiary/aromatic N) is 4. The van der Waals surface area contributed by atoms with E-state index in [1.807, 2.05) is 100 Å². The number of anilines is 2. The summed E-state index contributed by atoms with van der Waals surface area (Å²) in [6.07, 6.45) is 3.45. The fourth-order valence-electron chi connectivity index (χ4n) is 6.52. The summed E-state index contributed by atoms with van der Waals surface area (Å²) < 4.78 is 14.9. The number of amides is 2. The van der Waals surface area contributed by atoms with Gasteiger partial charge >= 0.3 is 5.97 Å². The van der Waals surface area contributed by atoms with Gasteiger partial charge in [0.25, 0.3) is 11.8 Å². The Hall–Kier alpha value is -6.63. The van der Waals surface area contributed by atoms with E-state index in [9.17, 15) is 14.4 Å². The van der Waals surface area contributed by atoms with E-state index in [0.717, 1.165) is 21.8 Å². The number of carbonyl (C=O) groups is 3. The molecule has 4 aromatic carbocycles. The summed E-state index contributed by atoms with van der Waals surface area (Å²) in [6, 6.07) is 32.8. The molecule has 0 saturated heterocycles. The van der Waals surface area contributed by atoms with Gasteiger partial charge in [-0.2, -0.15) is 0 Å². The molecule has 0 radical (unpaired) electrons. The number of methoxy groups -OCH3 is 2. The third kappa shape index (κ3) is 5.30. The van der Waals surface area contributed by atoms with Crippen LogP contribution in [-0.4, -0.2) is 47.2 Å². The van der Waals surface area contributed by atoms with Gasteiger partial charge in [-0.3, -0.25) is 18.7 Å². The lowest BCUT2D eigenvalue weighted by atomic mass is 10.1. The van der Waals surface area contributed by atoms with E-state index < -0.39 is 17.9 Å². The number of hydrazine groups is 2. The maximum Gasteiger partial charge on any atom is 0.345 e. The van der Waals surface area contributed by atoms with Crippen molar-refractivity contribution < 1.29 is 28.7 Å². The molecule has 2 aliphatic rings. The zero-order valence-corrected chi connectivity index (χ0v) is 27.9. The molecule has 8 rings (SSSR count). The lowest BCUT2D eigenvalue weighted by molar-refractivity contribution is -0.154. The van der Waals surface area contributed by atoms with E-state index in [1.165, 1.54) is 10.0 Å². The Morgan fingerprint density at radius 2 is 1.10 bits per heavy atom. The van der Waals surface area contributed by atoms with Gasteiger partial charge in [0.1, 0.15) is 6.04 Å². The van der Waals surface area contributed by atoms with Gasteiger partial charge in [0.15, 0.2) is 11.8 Å². The molecule has 2 amide bonds. The van der Waals surface area contributed by atoms with Crippen molar-refractivity contribution in [2.45, 2.75) is 13.0 Å². The lowest BCUT2D eigenvalue weighted by Gasteiger charge is -2.23. The van der Waals surface area contributed by atoms with Crippen molar-refractivity contribution in [3.05, 3.63) is 120 Å². The zero-order chi connectivity index (χ0) is 35.2. The summed E-state index contributed by atoms with van der Waals surface area (Å²) in [5.41, 5.74) is 10.4. The molecule has 1 unspecified atom stereocenters. The molecule has 0 fully saturated rings. The van der Waals surface area contributed by atoms with Crippen LogP contribution in [0.5, 0.6) is 11.8 Å². The number of carbonyl (C=O) groups excluding carboxylic acids is 3. The first-order valence-corrected chi connectivity index (χ1v) is 16.2. The minimum absolute atomic E-state index is 0.366. The van der Waals surface area contributed by atoms with Crippen LogP contribution in [0, 0.1) is 0 Å². The third-order valence-corrected chi connectivity index (χ3v) is 9.01. The maximum absolute atomic E-state index is 13.9. The number of para-hydroxylation sites is 4. The second-order valence-corrected chi connectivity index (χ2v) is 12.0. The topological polar surface area (TPSA) is 119 Å². The standard InChI is InChI=1S/C39H32N6O6/c1-24(40-44-33-18-10-6-14-27(33)29(37(44)46)22-42-31-16-8-4-12-25(31)20-35(42)49-2)39(48)51-41-45-34-19-11-7-15-28(34)30(38(45)47)23-43-32-17-9-5-13-26(32)21-36(43)50-3/h4-24,40-41H,1-3H3/b29-22-,30-23-. The maximum atomic E-state index is 13.9. The van der Waals surface area contributed by atoms with Gasteiger partial charge in [0.05, 0.1) is 47.8 Å². The average Bonchev–Trinajstić information content (AvgIpc) is 3.86. The number of hydrogen-bond acceptors (Lipinski definition) is 8. The third-order valence-electron chi connectivity index (χ3n) is 9.01. The smallest absolute Gasteiger partial charge is 0.345 e. The normalized spacial score (nSPS) is 16.0. The molecule has 12 heteroatoms. The summed E-state index contributed by atoms with van der Waals surface area (Å²) in [5, 5.41) is 4.42. The minimum atomic E-state index is -1.01. The first-order chi connectivity index (χ1) is 24.9. The molecule has 6 aromatic rings. The van der Waals surface area contributed by atoms with Gasteiger partial charge in [0.2, 0.25) is 0 Å². The average molecular weight is 681 g/mol. The highest BCUT2D eigenvalue weighted by molar-refractivity contribution is 6.35. The number of aromatic nitrogens is 2. The number of nitrogens with one attached hydrogen (secondary N) is 2. The van der Waals surface area contributed by atoms with Crippen LogP contribution in [0.3, 0.4) is 0 Å². The van der Waals surface area contributed by atoms with E-state index >= 15 is 0 Å². The predicted octanol–water partition coefficient (Wildman–Crippen LogP) is 5.86. The van der Waals surface area contributed by atoms with Crippen LogP contribution >= 0.6 is 0 Å². The second kappa shape index (κ2) is 12.7. The molecule has 0 spiro atoms. The van der Waals surface area contributed by atoms with Crippen LogP contribution in [0.15, 0.2) is 109 Å². The minimum Gasteiger partial charge on any atom is -0.482 e. The van der Waals surface area contributed by atoms with E-state index in [-0.39, 0.29) is 5.91 Å². The van der Waals surface area contributed by atoms with E-state index in [2.05, 4.69) is 11.0 Å². The van der Waals surface area contributed by atoms with Crippen LogP contribution in [-0.2, 0) is 19.2 Å². The first-order valence-electron chi connectivity index (χ1n) is 16.2. The fourth-order valence-corrected chi connectivity index (χ4v) is 6.52. The summed E-state index contributed by atoms with van der Waals surface area (Å²) in [5.74, 6) is -0.425. The van der Waals surface area contributed by atoms with Crippen molar-refractivity contribution >= 4 is 74.5 Å². The summed E-state index contributed by atoms with van der Waals surface area (Å²) in [7, 11) is 3.15. The first kappa shape index (κ1) is 31.6. The quantitative estimate of drug-likeness (QED) is 0.144. The molecule has 4 heterocycles. The molecule has 254 valence electrons. The molecule has 0 bridgehead atoms. The SMILES string of the molecule is COc1cc2ccccc2n1/C=C1\C(=O)N(NOC(=O)C(C)NN2C(=O)/C(=C\n3c(OC)cc4ccccc43)c3ccccc32)c2ccccc21. The number of ether oxygens (including phenoxy) is 2. The second-order valence-electron chi connectivity index (χ2n) is 12.0. The van der Waals surface area contributed by atoms with E-state index in [1.54, 1.807) is 51.7 Å². The molecule has 0 aliphatic carbocycles. The largest absolute Gasteiger partial charge is 0.482 e. The Morgan fingerprint density at radius 3 is 1.63 bits per heavy atom. The van der Waals surface area contributed by atoms with Crippen molar-refractivity contribution in [1.82, 2.24) is 20.1 Å². The van der Waals surface area contributed by atoms with Crippen molar-refractivity contribution in [2.24, 2.45) is 0 Å². The Balaban J connectivity index is 1.02. The number of benzene rings is 4. The van der Waals surface area contributed by atoms with Crippen LogP contribution in [0.25, 0.3) is 45.4 Å². The Bertz CT molecular complexity index is 2440. The number of hydrogen-bond donors (Lipinski definition) is 2. The van der Waals surface area contributed by atoms with Crippen molar-refractivity contribution in [1.29, 1.82) is 0 Å². The summed E-state index contributed by atoms with van der Waals surface area (Å²) >= 11 is 0. The predicted molar refractivity (Wildman–Crippen MR) is 195 cm³/mol. The highest BCUT2D eigenvalue weighted by atomic mass is 16.7. The van der Waals surface area contributed by atoms with Gasteiger partial charge < -0.3 is 14.3 Å². The fraction of sp³-hybridized carbons (Fsp3) is 0.103. The van der Waals surface area contributed by atoms with Crippen molar-refractivity contribution in [3.8, 4) is 11.8 Å². The van der Waals surface area contributed by atoms with Crippen molar-refractivity contribution in [2.75, 3.05) is 24.2 Å². The molecule has 12 nitrogen and oxygen atoms in total. The lowest BCUT2D eigenvalue weighted by Crippen LogP contribution is -2.51. The Labute approximate surface area is 292 Å². The van der Waals surface area contributed by atoms with Crippen LogP contribution in [0.2, 0.25) is 0 Å². The zero-order valence-electron chi connectivity index (χ0n) is 27.9. The van der Waals surface area contributed by atoms with E-state index in [4.69, 9.17) is 14.3 Å². The molecule has 1 atom stereocenters. The number of fused-ring (bicyclic) bond motifs is 4. The van der Waals surface area contributed by atoms with Crippen molar-refractivity contribution in [3.63, 3.8) is 0 Å². The molecule has 2 aromatic heterocycles. The Morgan fingerprint density at radius 1 is 0.647 bits per heavy atom. The van der Waals surface area contributed by atoms with Gasteiger partial charge in [-0.05, 0) is 31.2 Å². The molecule has 0 saturated carbocycles. The highest BCUT2D eigenvalue weighted by Crippen LogP contribution is 2.39. The molecule has 2 aliphatic heterocycles. The number of rotatable bonds is 9. The Kier molecular flexibility index (Phi) is 7.86. The monoisotopic (exact) mass is 680 g/mol. The molecule has 2 N–H and O–H groups in total. The van der Waals surface area contributed by atoms with Gasteiger partial charge in [-0.15, -0.1) is 0 Å². The van der Waals surface area contributed by atoms with Gasteiger partial charge in [-0.1, -0.05) is 78.4 Å². The van der Waals surface area contributed by atoms with Gasteiger partial charge in [-0.25, -0.2) is 20.2 Å². The van der Waals surface area contributed by atoms with Gasteiger partial charge in [0, 0.05) is 46.4 Å². The highest BCUT2D eigenvalue weighted by Gasteiger charge is 2.37.